The standard InChI is InChI=1S/C14H21N3OS/c1-11(13-16-8-9-19-13)17-10-14(3-2-12(17)18)4-6-15-7-5-14/h8-9,11,15H,2-7,10H2,1H3/t11-/m1/s1. The number of carbonyl (C=O) groups excluding carboxylic acids is 1. The average molecular weight is 279 g/mol. The van der Waals surface area contributed by atoms with Crippen LogP contribution in [0.25, 0.3) is 0 Å². The van der Waals surface area contributed by atoms with E-state index in [-0.39, 0.29) is 6.04 Å². The summed E-state index contributed by atoms with van der Waals surface area (Å²) >= 11 is 1.64. The van der Waals surface area contributed by atoms with Crippen LogP contribution >= 0.6 is 11.3 Å². The fourth-order valence-electron chi connectivity index (χ4n) is 3.34. The van der Waals surface area contributed by atoms with Crippen molar-refractivity contribution in [3.63, 3.8) is 0 Å². The minimum Gasteiger partial charge on any atom is -0.333 e. The third kappa shape index (κ3) is 2.54. The molecule has 2 aliphatic heterocycles. The summed E-state index contributed by atoms with van der Waals surface area (Å²) in [6.45, 7) is 5.20. The molecule has 3 heterocycles. The molecule has 2 saturated heterocycles. The van der Waals surface area contributed by atoms with Gasteiger partial charge in [0.1, 0.15) is 5.01 Å². The maximum Gasteiger partial charge on any atom is 0.223 e. The van der Waals surface area contributed by atoms with E-state index in [2.05, 4.69) is 22.1 Å². The molecule has 0 aromatic carbocycles. The van der Waals surface area contributed by atoms with Crippen LogP contribution in [0.15, 0.2) is 11.6 Å². The first-order chi connectivity index (χ1) is 9.20. The second kappa shape index (κ2) is 5.21. The topological polar surface area (TPSA) is 45.2 Å². The molecule has 4 nitrogen and oxygen atoms in total. The zero-order chi connectivity index (χ0) is 13.3. The van der Waals surface area contributed by atoms with Gasteiger partial charge in [-0.3, -0.25) is 4.79 Å². The van der Waals surface area contributed by atoms with E-state index in [1.54, 1.807) is 11.3 Å². The Balaban J connectivity index is 1.77. The summed E-state index contributed by atoms with van der Waals surface area (Å²) in [4.78, 5) is 18.7. The smallest absolute Gasteiger partial charge is 0.223 e. The fraction of sp³-hybridized carbons (Fsp3) is 0.714. The van der Waals surface area contributed by atoms with Crippen LogP contribution in [-0.4, -0.2) is 35.4 Å². The lowest BCUT2D eigenvalue weighted by molar-refractivity contribution is -0.141. The minimum atomic E-state index is 0.125. The number of nitrogens with one attached hydrogen (secondary N) is 1. The summed E-state index contributed by atoms with van der Waals surface area (Å²) in [5.74, 6) is 0.298. The first-order valence-electron chi connectivity index (χ1n) is 7.10. The Bertz CT molecular complexity index is 440. The highest BCUT2D eigenvalue weighted by Gasteiger charge is 2.41. The van der Waals surface area contributed by atoms with Crippen LogP contribution in [0.4, 0.5) is 0 Å². The normalized spacial score (nSPS) is 24.7. The number of likely N-dealkylation sites (tertiary alicyclic amines) is 1. The number of amides is 1. The molecule has 2 aliphatic rings. The fourth-order valence-corrected chi connectivity index (χ4v) is 4.04. The van der Waals surface area contributed by atoms with E-state index >= 15 is 0 Å². The highest BCUT2D eigenvalue weighted by molar-refractivity contribution is 7.09. The van der Waals surface area contributed by atoms with Gasteiger partial charge in [-0.15, -0.1) is 11.3 Å². The zero-order valence-electron chi connectivity index (χ0n) is 11.4. The molecule has 0 aliphatic carbocycles. The number of piperidine rings is 2. The van der Waals surface area contributed by atoms with Crippen molar-refractivity contribution in [2.45, 2.75) is 38.6 Å². The molecule has 2 fully saturated rings. The molecule has 0 bridgehead atoms. The van der Waals surface area contributed by atoms with Crippen molar-refractivity contribution in [1.29, 1.82) is 0 Å². The minimum absolute atomic E-state index is 0.125. The predicted octanol–water partition coefficient (Wildman–Crippen LogP) is 2.20. The molecule has 3 rings (SSSR count). The van der Waals surface area contributed by atoms with E-state index in [1.165, 1.54) is 12.8 Å². The number of rotatable bonds is 2. The molecule has 1 spiro atoms. The van der Waals surface area contributed by atoms with E-state index in [0.717, 1.165) is 31.1 Å². The van der Waals surface area contributed by atoms with Gasteiger partial charge in [-0.2, -0.15) is 0 Å². The molecule has 1 aromatic heterocycles. The van der Waals surface area contributed by atoms with Crippen molar-refractivity contribution in [2.75, 3.05) is 19.6 Å². The molecule has 19 heavy (non-hydrogen) atoms. The number of hydrogen-bond acceptors (Lipinski definition) is 4. The van der Waals surface area contributed by atoms with Crippen LogP contribution in [0.1, 0.15) is 43.7 Å². The number of carbonyl (C=O) groups is 1. The zero-order valence-corrected chi connectivity index (χ0v) is 12.2. The van der Waals surface area contributed by atoms with Gasteiger partial charge < -0.3 is 10.2 Å². The van der Waals surface area contributed by atoms with Crippen LogP contribution in [-0.2, 0) is 4.79 Å². The summed E-state index contributed by atoms with van der Waals surface area (Å²) in [5, 5.41) is 6.47. The van der Waals surface area contributed by atoms with Gasteiger partial charge in [-0.25, -0.2) is 4.98 Å². The predicted molar refractivity (Wildman–Crippen MR) is 76.0 cm³/mol. The largest absolute Gasteiger partial charge is 0.333 e. The number of thiazole rings is 1. The van der Waals surface area contributed by atoms with Gasteiger partial charge in [-0.1, -0.05) is 0 Å². The van der Waals surface area contributed by atoms with Crippen LogP contribution in [0.5, 0.6) is 0 Å². The maximum atomic E-state index is 12.2. The second-order valence-corrected chi connectivity index (χ2v) is 6.74. The number of aromatic nitrogens is 1. The molecule has 1 amide bonds. The van der Waals surface area contributed by atoms with E-state index in [4.69, 9.17) is 0 Å². The first-order valence-corrected chi connectivity index (χ1v) is 7.98. The third-order valence-corrected chi connectivity index (χ3v) is 5.58. The number of hydrogen-bond donors (Lipinski definition) is 1. The van der Waals surface area contributed by atoms with Crippen molar-refractivity contribution in [2.24, 2.45) is 5.41 Å². The monoisotopic (exact) mass is 279 g/mol. The molecule has 0 radical (unpaired) electrons. The summed E-state index contributed by atoms with van der Waals surface area (Å²) in [7, 11) is 0. The van der Waals surface area contributed by atoms with Crippen LogP contribution in [0, 0.1) is 5.41 Å². The second-order valence-electron chi connectivity index (χ2n) is 5.82. The van der Waals surface area contributed by atoms with Crippen LogP contribution in [0.2, 0.25) is 0 Å². The Morgan fingerprint density at radius 2 is 2.21 bits per heavy atom. The molecule has 5 heteroatoms. The van der Waals surface area contributed by atoms with E-state index < -0.39 is 0 Å². The van der Waals surface area contributed by atoms with Crippen molar-refractivity contribution < 1.29 is 4.79 Å². The molecule has 1 N–H and O–H groups in total. The summed E-state index contributed by atoms with van der Waals surface area (Å²) < 4.78 is 0. The van der Waals surface area contributed by atoms with Crippen LogP contribution < -0.4 is 5.32 Å². The lowest BCUT2D eigenvalue weighted by Crippen LogP contribution is -2.51. The molecule has 1 aromatic rings. The molecule has 104 valence electrons. The van der Waals surface area contributed by atoms with Crippen molar-refractivity contribution >= 4 is 17.2 Å². The Hall–Kier alpha value is -0.940. The third-order valence-electron chi connectivity index (χ3n) is 4.64. The Kier molecular flexibility index (Phi) is 3.58. The highest BCUT2D eigenvalue weighted by Crippen LogP contribution is 2.41. The Morgan fingerprint density at radius 1 is 1.42 bits per heavy atom. The van der Waals surface area contributed by atoms with Crippen molar-refractivity contribution in [3.05, 3.63) is 16.6 Å². The summed E-state index contributed by atoms with van der Waals surface area (Å²) in [6.07, 6.45) is 5.98. The van der Waals surface area contributed by atoms with Crippen molar-refractivity contribution in [1.82, 2.24) is 15.2 Å². The Morgan fingerprint density at radius 3 is 2.89 bits per heavy atom. The van der Waals surface area contributed by atoms with Gasteiger partial charge >= 0.3 is 0 Å². The first kappa shape index (κ1) is 13.1. The lowest BCUT2D eigenvalue weighted by atomic mass is 9.72. The van der Waals surface area contributed by atoms with Gasteiger partial charge in [0, 0.05) is 24.5 Å². The lowest BCUT2D eigenvalue weighted by Gasteiger charge is -2.46. The molecular formula is C14H21N3OS. The quantitative estimate of drug-likeness (QED) is 0.902. The Labute approximate surface area is 118 Å². The molecular weight excluding hydrogens is 258 g/mol. The SMILES string of the molecule is C[C@H](c1nccs1)N1CC2(CCNCC2)CCC1=O. The van der Waals surface area contributed by atoms with Gasteiger partial charge in [0.05, 0.1) is 6.04 Å². The van der Waals surface area contributed by atoms with Gasteiger partial charge in [0.25, 0.3) is 0 Å². The average Bonchev–Trinajstić information content (AvgIpc) is 2.96. The van der Waals surface area contributed by atoms with Crippen LogP contribution in [0.3, 0.4) is 0 Å². The molecule has 1 atom stereocenters. The van der Waals surface area contributed by atoms with E-state index in [0.29, 0.717) is 17.7 Å². The van der Waals surface area contributed by atoms with E-state index in [9.17, 15) is 4.79 Å². The van der Waals surface area contributed by atoms with Gasteiger partial charge in [0.15, 0.2) is 0 Å². The number of nitrogens with zero attached hydrogens (tertiary/aromatic N) is 2. The highest BCUT2D eigenvalue weighted by atomic mass is 32.1. The maximum absolute atomic E-state index is 12.2. The summed E-state index contributed by atoms with van der Waals surface area (Å²) in [5.41, 5.74) is 0.352. The summed E-state index contributed by atoms with van der Waals surface area (Å²) in [6, 6.07) is 0.125. The van der Waals surface area contributed by atoms with Gasteiger partial charge in [-0.05, 0) is 44.7 Å². The van der Waals surface area contributed by atoms with E-state index in [1.807, 2.05) is 11.6 Å². The molecule has 0 unspecified atom stereocenters. The van der Waals surface area contributed by atoms with Gasteiger partial charge in [0.2, 0.25) is 5.91 Å². The van der Waals surface area contributed by atoms with Crippen molar-refractivity contribution in [3.8, 4) is 0 Å². The molecule has 0 saturated carbocycles.